The molecule has 0 spiro atoms. The van der Waals surface area contributed by atoms with Crippen molar-refractivity contribution in [3.8, 4) is 0 Å². The van der Waals surface area contributed by atoms with Crippen LogP contribution in [0.4, 0.5) is 11.4 Å². The van der Waals surface area contributed by atoms with E-state index in [1.165, 1.54) is 6.07 Å². The van der Waals surface area contributed by atoms with Gasteiger partial charge in [0, 0.05) is 5.02 Å². The first kappa shape index (κ1) is 20.6. The average molecular weight is 415 g/mol. The van der Waals surface area contributed by atoms with Crippen molar-refractivity contribution in [2.24, 2.45) is 0 Å². The molecule has 0 unspecified atom stereocenters. The van der Waals surface area contributed by atoms with Gasteiger partial charge < -0.3 is 5.32 Å². The molecule has 1 amide bonds. The Balaban J connectivity index is 2.38. The van der Waals surface area contributed by atoms with E-state index in [9.17, 15) is 13.2 Å². The Morgan fingerprint density at radius 2 is 1.77 bits per heavy atom. The molecule has 8 heteroatoms. The van der Waals surface area contributed by atoms with Crippen LogP contribution in [0.3, 0.4) is 0 Å². The summed E-state index contributed by atoms with van der Waals surface area (Å²) in [7, 11) is -3.68. The molecule has 5 nitrogen and oxygen atoms in total. The first-order valence-electron chi connectivity index (χ1n) is 7.95. The Labute approximate surface area is 164 Å². The molecular weight excluding hydrogens is 395 g/mol. The van der Waals surface area contributed by atoms with Crippen LogP contribution in [0.1, 0.15) is 18.9 Å². The van der Waals surface area contributed by atoms with Gasteiger partial charge in [-0.25, -0.2) is 8.42 Å². The number of hydrogen-bond acceptors (Lipinski definition) is 3. The molecule has 0 bridgehead atoms. The van der Waals surface area contributed by atoms with E-state index in [1.54, 1.807) is 43.3 Å². The maximum absolute atomic E-state index is 12.8. The van der Waals surface area contributed by atoms with Gasteiger partial charge in [0.2, 0.25) is 15.9 Å². The van der Waals surface area contributed by atoms with E-state index < -0.39 is 22.0 Å². The van der Waals surface area contributed by atoms with Crippen molar-refractivity contribution in [3.05, 3.63) is 58.1 Å². The summed E-state index contributed by atoms with van der Waals surface area (Å²) in [5.41, 5.74) is 1.80. The van der Waals surface area contributed by atoms with Gasteiger partial charge in [0.15, 0.2) is 0 Å². The molecule has 0 saturated heterocycles. The lowest BCUT2D eigenvalue weighted by atomic mass is 10.1. The number of hydrogen-bond donors (Lipinski definition) is 1. The molecule has 0 fully saturated rings. The highest BCUT2D eigenvalue weighted by Gasteiger charge is 2.31. The van der Waals surface area contributed by atoms with Gasteiger partial charge in [-0.15, -0.1) is 0 Å². The SMILES string of the molecule is CC[C@@H](C(=O)Nc1ccc(Cl)cc1Cl)N(c1ccc(C)cc1)S(C)(=O)=O. The van der Waals surface area contributed by atoms with Gasteiger partial charge >= 0.3 is 0 Å². The molecule has 0 aromatic heterocycles. The summed E-state index contributed by atoms with van der Waals surface area (Å²) in [5, 5.41) is 3.41. The van der Waals surface area contributed by atoms with Gasteiger partial charge in [-0.1, -0.05) is 47.8 Å². The summed E-state index contributed by atoms with van der Waals surface area (Å²) in [6.07, 6.45) is 1.37. The van der Waals surface area contributed by atoms with Crippen LogP contribution in [0.5, 0.6) is 0 Å². The third-order valence-corrected chi connectivity index (χ3v) is 5.53. The minimum absolute atomic E-state index is 0.280. The number of anilines is 2. The standard InChI is InChI=1S/C18H20Cl2N2O3S/c1-4-17(18(23)21-16-10-7-13(19)11-15(16)20)22(26(3,24)25)14-8-5-12(2)6-9-14/h5-11,17H,4H2,1-3H3,(H,21,23)/t17-/m0/s1. The van der Waals surface area contributed by atoms with Crippen LogP contribution >= 0.6 is 23.2 Å². The average Bonchev–Trinajstić information content (AvgIpc) is 2.55. The van der Waals surface area contributed by atoms with Gasteiger partial charge in [0.1, 0.15) is 6.04 Å². The maximum Gasteiger partial charge on any atom is 0.248 e. The van der Waals surface area contributed by atoms with Crippen molar-refractivity contribution in [3.63, 3.8) is 0 Å². The smallest absolute Gasteiger partial charge is 0.248 e. The largest absolute Gasteiger partial charge is 0.323 e. The van der Waals surface area contributed by atoms with E-state index in [0.29, 0.717) is 16.4 Å². The summed E-state index contributed by atoms with van der Waals surface area (Å²) in [4.78, 5) is 12.8. The number of rotatable bonds is 6. The third-order valence-electron chi connectivity index (χ3n) is 3.81. The number of carbonyl (C=O) groups is 1. The third kappa shape index (κ3) is 4.90. The second kappa shape index (κ2) is 8.29. The van der Waals surface area contributed by atoms with E-state index in [2.05, 4.69) is 5.32 Å². The first-order chi connectivity index (χ1) is 12.1. The van der Waals surface area contributed by atoms with Gasteiger partial charge in [0.05, 0.1) is 22.7 Å². The van der Waals surface area contributed by atoms with Crippen LogP contribution in [0.25, 0.3) is 0 Å². The number of halogens is 2. The van der Waals surface area contributed by atoms with Gasteiger partial charge in [-0.3, -0.25) is 9.10 Å². The van der Waals surface area contributed by atoms with E-state index in [1.807, 2.05) is 6.92 Å². The van der Waals surface area contributed by atoms with Crippen molar-refractivity contribution in [2.45, 2.75) is 26.3 Å². The molecule has 1 N–H and O–H groups in total. The second-order valence-electron chi connectivity index (χ2n) is 5.93. The fourth-order valence-electron chi connectivity index (χ4n) is 2.56. The van der Waals surface area contributed by atoms with E-state index >= 15 is 0 Å². The molecule has 0 heterocycles. The number of nitrogens with one attached hydrogen (secondary N) is 1. The highest BCUT2D eigenvalue weighted by molar-refractivity contribution is 7.92. The zero-order valence-electron chi connectivity index (χ0n) is 14.7. The quantitative estimate of drug-likeness (QED) is 0.756. The summed E-state index contributed by atoms with van der Waals surface area (Å²) >= 11 is 12.0. The zero-order valence-corrected chi connectivity index (χ0v) is 17.0. The molecule has 140 valence electrons. The summed E-state index contributed by atoms with van der Waals surface area (Å²) in [6.45, 7) is 3.65. The molecule has 0 aliphatic heterocycles. The van der Waals surface area contributed by atoms with Gasteiger partial charge in [-0.05, 0) is 43.7 Å². The molecule has 26 heavy (non-hydrogen) atoms. The topological polar surface area (TPSA) is 66.5 Å². The fraction of sp³-hybridized carbons (Fsp3) is 0.278. The van der Waals surface area contributed by atoms with Crippen LogP contribution in [0, 0.1) is 6.92 Å². The molecule has 2 aromatic rings. The number of aryl methyl sites for hydroxylation is 1. The Bertz CT molecular complexity index is 899. The lowest BCUT2D eigenvalue weighted by molar-refractivity contribution is -0.117. The molecular formula is C18H20Cl2N2O3S. The minimum atomic E-state index is -3.68. The number of carbonyl (C=O) groups excluding carboxylic acids is 1. The molecule has 0 aliphatic rings. The van der Waals surface area contributed by atoms with Gasteiger partial charge in [-0.2, -0.15) is 0 Å². The number of benzene rings is 2. The lowest BCUT2D eigenvalue weighted by Crippen LogP contribution is -2.47. The summed E-state index contributed by atoms with van der Waals surface area (Å²) in [5.74, 6) is -0.470. The van der Waals surface area contributed by atoms with Crippen molar-refractivity contribution >= 4 is 50.5 Å². The molecule has 1 atom stereocenters. The van der Waals surface area contributed by atoms with Crippen LogP contribution < -0.4 is 9.62 Å². The Morgan fingerprint density at radius 1 is 1.15 bits per heavy atom. The fourth-order valence-corrected chi connectivity index (χ4v) is 4.23. The lowest BCUT2D eigenvalue weighted by Gasteiger charge is -2.30. The van der Waals surface area contributed by atoms with Crippen molar-refractivity contribution < 1.29 is 13.2 Å². The Hall–Kier alpha value is -1.76. The predicted molar refractivity (Wildman–Crippen MR) is 108 cm³/mol. The maximum atomic E-state index is 12.8. The van der Waals surface area contributed by atoms with E-state index in [0.717, 1.165) is 16.1 Å². The predicted octanol–water partition coefficient (Wildman–Crippen LogP) is 4.49. The number of sulfonamides is 1. The molecule has 0 aliphatic carbocycles. The number of nitrogens with zero attached hydrogens (tertiary/aromatic N) is 1. The summed E-state index contributed by atoms with van der Waals surface area (Å²) in [6, 6.07) is 10.7. The van der Waals surface area contributed by atoms with Gasteiger partial charge in [0.25, 0.3) is 0 Å². The van der Waals surface area contributed by atoms with Crippen LogP contribution in [0.2, 0.25) is 10.0 Å². The highest BCUT2D eigenvalue weighted by Crippen LogP contribution is 2.27. The molecule has 2 rings (SSSR count). The normalized spacial score (nSPS) is 12.5. The Kier molecular flexibility index (Phi) is 6.55. The van der Waals surface area contributed by atoms with Crippen molar-refractivity contribution in [1.82, 2.24) is 0 Å². The molecule has 0 saturated carbocycles. The zero-order chi connectivity index (χ0) is 19.5. The first-order valence-corrected chi connectivity index (χ1v) is 10.6. The van der Waals surface area contributed by atoms with Crippen LogP contribution in [0.15, 0.2) is 42.5 Å². The minimum Gasteiger partial charge on any atom is -0.323 e. The highest BCUT2D eigenvalue weighted by atomic mass is 35.5. The van der Waals surface area contributed by atoms with Crippen LogP contribution in [-0.2, 0) is 14.8 Å². The Morgan fingerprint density at radius 3 is 2.27 bits per heavy atom. The monoisotopic (exact) mass is 414 g/mol. The second-order valence-corrected chi connectivity index (χ2v) is 8.63. The summed E-state index contributed by atoms with van der Waals surface area (Å²) < 4.78 is 25.9. The van der Waals surface area contributed by atoms with E-state index in [-0.39, 0.29) is 11.4 Å². The van der Waals surface area contributed by atoms with Crippen LogP contribution in [-0.4, -0.2) is 26.6 Å². The van der Waals surface area contributed by atoms with Crippen molar-refractivity contribution in [2.75, 3.05) is 15.9 Å². The number of amides is 1. The van der Waals surface area contributed by atoms with E-state index in [4.69, 9.17) is 23.2 Å². The van der Waals surface area contributed by atoms with Crippen molar-refractivity contribution in [1.29, 1.82) is 0 Å². The molecule has 2 aromatic carbocycles. The molecule has 0 radical (unpaired) electrons.